The van der Waals surface area contributed by atoms with Crippen molar-refractivity contribution in [1.82, 2.24) is 10.2 Å². The van der Waals surface area contributed by atoms with E-state index in [4.69, 9.17) is 4.74 Å². The number of nitrogens with one attached hydrogen (secondary N) is 1. The quantitative estimate of drug-likeness (QED) is 0.433. The van der Waals surface area contributed by atoms with Crippen LogP contribution in [-0.2, 0) is 11.2 Å². The average molecular weight is 311 g/mol. The van der Waals surface area contributed by atoms with Gasteiger partial charge in [-0.2, -0.15) is 0 Å². The van der Waals surface area contributed by atoms with E-state index in [-0.39, 0.29) is 0 Å². The Balaban J connectivity index is 2.35. The second-order valence-corrected chi connectivity index (χ2v) is 6.49. The molecule has 0 amide bonds. The molecule has 1 rings (SSSR count). The molecule has 0 radical (unpaired) electrons. The number of guanidine groups is 1. The number of aliphatic imine (C=N–C) groups is 1. The summed E-state index contributed by atoms with van der Waals surface area (Å²) >= 11 is 1.81. The van der Waals surface area contributed by atoms with E-state index in [2.05, 4.69) is 60.5 Å². The first kappa shape index (κ1) is 18.0. The van der Waals surface area contributed by atoms with Crippen molar-refractivity contribution in [2.45, 2.75) is 27.2 Å². The van der Waals surface area contributed by atoms with Crippen LogP contribution in [0.4, 0.5) is 0 Å². The molecule has 0 spiro atoms. The van der Waals surface area contributed by atoms with Crippen molar-refractivity contribution in [3.8, 4) is 0 Å². The van der Waals surface area contributed by atoms with Gasteiger partial charge in [-0.1, -0.05) is 19.9 Å². The normalized spacial score (nSPS) is 12.0. The summed E-state index contributed by atoms with van der Waals surface area (Å²) in [5.41, 5.74) is 0. The van der Waals surface area contributed by atoms with Crippen LogP contribution in [0.25, 0.3) is 0 Å². The maximum Gasteiger partial charge on any atom is 0.193 e. The fourth-order valence-corrected chi connectivity index (χ4v) is 2.54. The molecule has 0 unspecified atom stereocenters. The van der Waals surface area contributed by atoms with Crippen molar-refractivity contribution >= 4 is 17.3 Å². The second-order valence-electron chi connectivity index (χ2n) is 5.46. The average Bonchev–Trinajstić information content (AvgIpc) is 2.96. The summed E-state index contributed by atoms with van der Waals surface area (Å²) in [6.45, 7) is 10.5. The first-order valence-electron chi connectivity index (χ1n) is 7.73. The summed E-state index contributed by atoms with van der Waals surface area (Å²) in [6.07, 6.45) is 1.06. The number of rotatable bonds is 9. The molecule has 4 nitrogen and oxygen atoms in total. The van der Waals surface area contributed by atoms with Gasteiger partial charge in [-0.15, -0.1) is 11.3 Å². The third-order valence-electron chi connectivity index (χ3n) is 2.92. The van der Waals surface area contributed by atoms with E-state index >= 15 is 0 Å². The second kappa shape index (κ2) is 10.6. The highest BCUT2D eigenvalue weighted by Crippen LogP contribution is 2.09. The molecule has 5 heteroatoms. The maximum absolute atomic E-state index is 5.57. The lowest BCUT2D eigenvalue weighted by Gasteiger charge is -2.21. The van der Waals surface area contributed by atoms with E-state index < -0.39 is 0 Å². The molecule has 0 aliphatic rings. The Hall–Kier alpha value is -1.07. The topological polar surface area (TPSA) is 36.9 Å². The number of nitrogens with zero attached hydrogens (tertiary/aromatic N) is 2. The maximum atomic E-state index is 5.57. The van der Waals surface area contributed by atoms with Crippen LogP contribution in [0.2, 0.25) is 0 Å². The van der Waals surface area contributed by atoms with Crippen molar-refractivity contribution in [2.75, 3.05) is 39.9 Å². The molecule has 0 aliphatic heterocycles. The highest BCUT2D eigenvalue weighted by molar-refractivity contribution is 7.09. The molecule has 1 aromatic heterocycles. The van der Waals surface area contributed by atoms with Crippen molar-refractivity contribution in [3.05, 3.63) is 22.4 Å². The predicted molar refractivity (Wildman–Crippen MR) is 92.3 cm³/mol. The lowest BCUT2D eigenvalue weighted by molar-refractivity contribution is 0.116. The monoisotopic (exact) mass is 311 g/mol. The Bertz CT molecular complexity index is 390. The van der Waals surface area contributed by atoms with Crippen molar-refractivity contribution in [3.63, 3.8) is 0 Å². The Kier molecular flexibility index (Phi) is 9.10. The van der Waals surface area contributed by atoms with Crippen LogP contribution >= 0.6 is 11.3 Å². The van der Waals surface area contributed by atoms with Gasteiger partial charge in [0, 0.05) is 31.6 Å². The van der Waals surface area contributed by atoms with Crippen LogP contribution in [0.1, 0.15) is 25.6 Å². The summed E-state index contributed by atoms with van der Waals surface area (Å²) in [4.78, 5) is 8.22. The lowest BCUT2D eigenvalue weighted by atomic mass is 10.2. The minimum absolute atomic E-state index is 0.579. The van der Waals surface area contributed by atoms with Gasteiger partial charge in [0.25, 0.3) is 0 Å². The highest BCUT2D eigenvalue weighted by atomic mass is 32.1. The van der Waals surface area contributed by atoms with Gasteiger partial charge in [0.2, 0.25) is 0 Å². The van der Waals surface area contributed by atoms with Crippen molar-refractivity contribution in [1.29, 1.82) is 0 Å². The van der Waals surface area contributed by atoms with Crippen molar-refractivity contribution in [2.24, 2.45) is 10.9 Å². The van der Waals surface area contributed by atoms with Crippen LogP contribution in [0.5, 0.6) is 0 Å². The largest absolute Gasteiger partial charge is 0.379 e. The van der Waals surface area contributed by atoms with Crippen LogP contribution in [0.15, 0.2) is 22.5 Å². The summed E-state index contributed by atoms with van der Waals surface area (Å²) in [6, 6.07) is 4.29. The van der Waals surface area contributed by atoms with E-state index in [1.807, 2.05) is 11.3 Å². The molecule has 120 valence electrons. The molecule has 0 bridgehead atoms. The van der Waals surface area contributed by atoms with Gasteiger partial charge in [-0.05, 0) is 30.7 Å². The summed E-state index contributed by atoms with van der Waals surface area (Å²) < 4.78 is 5.57. The molecule has 21 heavy (non-hydrogen) atoms. The smallest absolute Gasteiger partial charge is 0.193 e. The van der Waals surface area contributed by atoms with Crippen LogP contribution in [-0.4, -0.2) is 50.8 Å². The van der Waals surface area contributed by atoms with Crippen molar-refractivity contribution < 1.29 is 4.74 Å². The molecule has 0 aliphatic carbocycles. The minimum atomic E-state index is 0.579. The third kappa shape index (κ3) is 8.07. The zero-order valence-electron chi connectivity index (χ0n) is 13.8. The molecule has 0 saturated heterocycles. The Morgan fingerprint density at radius 3 is 2.90 bits per heavy atom. The minimum Gasteiger partial charge on any atom is -0.379 e. The van der Waals surface area contributed by atoms with Gasteiger partial charge in [0.1, 0.15) is 0 Å². The van der Waals surface area contributed by atoms with Gasteiger partial charge < -0.3 is 15.0 Å². The molecule has 0 saturated carbocycles. The number of ether oxygens (including phenoxy) is 1. The standard InChI is InChI=1S/C16H29N3OS/c1-5-17-16(18-9-11-20-13-14(2)3)19(4)10-8-15-7-6-12-21-15/h6-7,12,14H,5,8-11,13H2,1-4H3,(H,17,18). The predicted octanol–water partition coefficient (Wildman–Crippen LogP) is 2.86. The Morgan fingerprint density at radius 1 is 1.48 bits per heavy atom. The lowest BCUT2D eigenvalue weighted by Crippen LogP contribution is -2.40. The third-order valence-corrected chi connectivity index (χ3v) is 3.85. The van der Waals surface area contributed by atoms with Crippen LogP contribution in [0.3, 0.4) is 0 Å². The Labute approximate surface area is 133 Å². The fraction of sp³-hybridized carbons (Fsp3) is 0.688. The zero-order valence-corrected chi connectivity index (χ0v) is 14.6. The Morgan fingerprint density at radius 2 is 2.29 bits per heavy atom. The van der Waals surface area contributed by atoms with E-state index in [1.165, 1.54) is 4.88 Å². The zero-order chi connectivity index (χ0) is 15.5. The van der Waals surface area contributed by atoms with E-state index in [0.717, 1.165) is 32.1 Å². The number of thiophene rings is 1. The summed E-state index contributed by atoms with van der Waals surface area (Å²) in [7, 11) is 2.09. The number of likely N-dealkylation sites (N-methyl/N-ethyl adjacent to an activating group) is 1. The van der Waals surface area contributed by atoms with E-state index in [1.54, 1.807) is 0 Å². The van der Waals surface area contributed by atoms with Crippen LogP contribution < -0.4 is 5.32 Å². The number of hydrogen-bond donors (Lipinski definition) is 1. The molecule has 0 aromatic carbocycles. The molecular weight excluding hydrogens is 282 g/mol. The molecule has 1 heterocycles. The number of hydrogen-bond acceptors (Lipinski definition) is 3. The fourth-order valence-electron chi connectivity index (χ4n) is 1.84. The first-order valence-corrected chi connectivity index (χ1v) is 8.61. The van der Waals surface area contributed by atoms with Gasteiger partial charge in [0.05, 0.1) is 13.2 Å². The van der Waals surface area contributed by atoms with E-state index in [0.29, 0.717) is 19.1 Å². The molecule has 0 fully saturated rings. The molecular formula is C16H29N3OS. The van der Waals surface area contributed by atoms with Gasteiger partial charge >= 0.3 is 0 Å². The first-order chi connectivity index (χ1) is 10.1. The van der Waals surface area contributed by atoms with Gasteiger partial charge in [0.15, 0.2) is 5.96 Å². The van der Waals surface area contributed by atoms with Gasteiger partial charge in [-0.25, -0.2) is 0 Å². The molecule has 0 atom stereocenters. The SMILES string of the molecule is CCNC(=NCCOCC(C)C)N(C)CCc1cccs1. The van der Waals surface area contributed by atoms with E-state index in [9.17, 15) is 0 Å². The summed E-state index contributed by atoms with van der Waals surface area (Å²) in [5.74, 6) is 1.54. The molecule has 1 aromatic rings. The molecule has 1 N–H and O–H groups in total. The highest BCUT2D eigenvalue weighted by Gasteiger charge is 2.06. The summed E-state index contributed by atoms with van der Waals surface area (Å²) in [5, 5.41) is 5.46. The van der Waals surface area contributed by atoms with Crippen LogP contribution in [0, 0.1) is 5.92 Å². The van der Waals surface area contributed by atoms with Gasteiger partial charge in [-0.3, -0.25) is 4.99 Å².